The third-order valence-corrected chi connectivity index (χ3v) is 3.84. The Labute approximate surface area is 118 Å². The number of carbonyl (C=O) groups is 3. The normalized spacial score (nSPS) is 18.9. The lowest BCUT2D eigenvalue weighted by Gasteiger charge is -2.24. The zero-order valence-corrected chi connectivity index (χ0v) is 10.8. The Morgan fingerprint density at radius 3 is 2.05 bits per heavy atom. The Morgan fingerprint density at radius 1 is 1.19 bits per heavy atom. The first-order valence-corrected chi connectivity index (χ1v) is 6.49. The molecule has 7 heteroatoms. The lowest BCUT2D eigenvalue weighted by molar-refractivity contribution is -0.138. The zero-order chi connectivity index (χ0) is 15.3. The Kier molecular flexibility index (Phi) is 3.00. The van der Waals surface area contributed by atoms with E-state index < -0.39 is 35.5 Å². The van der Waals surface area contributed by atoms with E-state index in [1.165, 1.54) is 0 Å². The van der Waals surface area contributed by atoms with Gasteiger partial charge in [-0.2, -0.15) is 0 Å². The van der Waals surface area contributed by atoms with E-state index in [9.17, 15) is 23.2 Å². The van der Waals surface area contributed by atoms with Crippen LogP contribution >= 0.6 is 0 Å². The third kappa shape index (κ3) is 2.18. The Morgan fingerprint density at radius 2 is 1.67 bits per heavy atom. The Bertz CT molecular complexity index is 628. The van der Waals surface area contributed by atoms with E-state index in [1.54, 1.807) is 0 Å². The lowest BCUT2D eigenvalue weighted by Crippen LogP contribution is -2.42. The van der Waals surface area contributed by atoms with Gasteiger partial charge in [0, 0.05) is 0 Å². The quantitative estimate of drug-likeness (QED) is 0.860. The first kappa shape index (κ1) is 13.7. The molecule has 1 N–H and O–H groups in total. The van der Waals surface area contributed by atoms with Crippen LogP contribution in [0.25, 0.3) is 0 Å². The van der Waals surface area contributed by atoms with Gasteiger partial charge in [-0.15, -0.1) is 0 Å². The molecule has 1 saturated carbocycles. The van der Waals surface area contributed by atoms with Crippen LogP contribution in [0.5, 0.6) is 0 Å². The highest BCUT2D eigenvalue weighted by Crippen LogP contribution is 2.40. The molecule has 0 radical (unpaired) electrons. The molecule has 2 amide bonds. The predicted octanol–water partition coefficient (Wildman–Crippen LogP) is 1.81. The van der Waals surface area contributed by atoms with Crippen LogP contribution < -0.4 is 0 Å². The average molecular weight is 295 g/mol. The largest absolute Gasteiger partial charge is 0.481 e. The van der Waals surface area contributed by atoms with Crippen molar-refractivity contribution in [2.75, 3.05) is 0 Å². The van der Waals surface area contributed by atoms with Gasteiger partial charge in [0.2, 0.25) is 0 Å². The van der Waals surface area contributed by atoms with Crippen LogP contribution in [-0.2, 0) is 4.79 Å². The van der Waals surface area contributed by atoms with Crippen LogP contribution in [0, 0.1) is 17.6 Å². The molecule has 1 aliphatic heterocycles. The number of fused-ring (bicyclic) bond motifs is 1. The maximum Gasteiger partial charge on any atom is 0.305 e. The fourth-order valence-corrected chi connectivity index (χ4v) is 2.68. The van der Waals surface area contributed by atoms with E-state index in [1.807, 2.05) is 0 Å². The summed E-state index contributed by atoms with van der Waals surface area (Å²) in [5.74, 6) is -5.12. The topological polar surface area (TPSA) is 74.7 Å². The van der Waals surface area contributed by atoms with E-state index in [0.717, 1.165) is 17.7 Å². The first-order valence-electron chi connectivity index (χ1n) is 6.49. The first-order chi connectivity index (χ1) is 9.90. The smallest absolute Gasteiger partial charge is 0.305 e. The highest BCUT2D eigenvalue weighted by molar-refractivity contribution is 6.21. The summed E-state index contributed by atoms with van der Waals surface area (Å²) < 4.78 is 26.5. The molecule has 1 fully saturated rings. The van der Waals surface area contributed by atoms with E-state index in [0.29, 0.717) is 12.1 Å². The van der Waals surface area contributed by atoms with Gasteiger partial charge >= 0.3 is 5.97 Å². The van der Waals surface area contributed by atoms with Gasteiger partial charge in [0.1, 0.15) is 0 Å². The summed E-state index contributed by atoms with van der Waals surface area (Å²) in [5.41, 5.74) is -0.426. The number of aliphatic carboxylic acids is 1. The number of benzene rings is 1. The third-order valence-electron chi connectivity index (χ3n) is 3.84. The number of halogens is 2. The zero-order valence-electron chi connectivity index (χ0n) is 10.8. The molecule has 3 rings (SSSR count). The van der Waals surface area contributed by atoms with Crippen molar-refractivity contribution in [3.63, 3.8) is 0 Å². The molecule has 0 bridgehead atoms. The van der Waals surface area contributed by atoms with Crippen molar-refractivity contribution >= 4 is 17.8 Å². The number of hydrogen-bond acceptors (Lipinski definition) is 3. The monoisotopic (exact) mass is 295 g/mol. The van der Waals surface area contributed by atoms with E-state index >= 15 is 0 Å². The molecule has 1 aromatic carbocycles. The average Bonchev–Trinajstić information content (AvgIpc) is 3.20. The SMILES string of the molecule is O=C(O)CC(C1CC1)N1C(=O)c2cc(F)c(F)cc2C1=O. The van der Waals surface area contributed by atoms with Gasteiger partial charge in [-0.05, 0) is 30.9 Å². The van der Waals surface area contributed by atoms with Gasteiger partial charge in [0.25, 0.3) is 11.8 Å². The maximum atomic E-state index is 13.2. The molecule has 0 spiro atoms. The minimum absolute atomic E-state index is 0.0574. The van der Waals surface area contributed by atoms with Crippen molar-refractivity contribution in [1.29, 1.82) is 0 Å². The molecule has 1 aromatic rings. The van der Waals surface area contributed by atoms with Gasteiger partial charge in [-0.25, -0.2) is 8.78 Å². The minimum atomic E-state index is -1.21. The number of hydrogen-bond donors (Lipinski definition) is 1. The van der Waals surface area contributed by atoms with E-state index in [2.05, 4.69) is 0 Å². The summed E-state index contributed by atoms with van der Waals surface area (Å²) in [6.07, 6.45) is 1.10. The van der Waals surface area contributed by atoms with Gasteiger partial charge in [0.15, 0.2) is 11.6 Å². The molecule has 1 unspecified atom stereocenters. The van der Waals surface area contributed by atoms with Crippen LogP contribution in [0.3, 0.4) is 0 Å². The summed E-state index contributed by atoms with van der Waals surface area (Å²) >= 11 is 0. The lowest BCUT2D eigenvalue weighted by atomic mass is 10.1. The van der Waals surface area contributed by atoms with Crippen molar-refractivity contribution < 1.29 is 28.3 Å². The van der Waals surface area contributed by atoms with Crippen LogP contribution in [0.2, 0.25) is 0 Å². The van der Waals surface area contributed by atoms with Crippen LogP contribution in [-0.4, -0.2) is 33.8 Å². The van der Waals surface area contributed by atoms with Crippen molar-refractivity contribution in [1.82, 2.24) is 4.90 Å². The molecule has 5 nitrogen and oxygen atoms in total. The van der Waals surface area contributed by atoms with Gasteiger partial charge in [-0.3, -0.25) is 19.3 Å². The summed E-state index contributed by atoms with van der Waals surface area (Å²) in [5, 5.41) is 8.93. The van der Waals surface area contributed by atoms with Crippen molar-refractivity contribution in [3.8, 4) is 0 Å². The molecular formula is C14H11F2NO4. The minimum Gasteiger partial charge on any atom is -0.481 e. The number of carbonyl (C=O) groups excluding carboxylic acids is 2. The van der Waals surface area contributed by atoms with E-state index in [-0.39, 0.29) is 23.5 Å². The molecule has 1 atom stereocenters. The number of carboxylic acid groups (broad SMARTS) is 1. The fraction of sp³-hybridized carbons (Fsp3) is 0.357. The number of carboxylic acids is 1. The molecule has 21 heavy (non-hydrogen) atoms. The number of nitrogens with zero attached hydrogens (tertiary/aromatic N) is 1. The summed E-state index contributed by atoms with van der Waals surface area (Å²) in [4.78, 5) is 36.3. The molecule has 1 aliphatic carbocycles. The molecule has 2 aliphatic rings. The molecule has 0 saturated heterocycles. The van der Waals surface area contributed by atoms with Gasteiger partial charge in [0.05, 0.1) is 23.6 Å². The van der Waals surface area contributed by atoms with Crippen molar-refractivity contribution in [2.24, 2.45) is 5.92 Å². The molecule has 1 heterocycles. The highest BCUT2D eigenvalue weighted by Gasteiger charge is 2.46. The molecular weight excluding hydrogens is 284 g/mol. The molecule has 0 aromatic heterocycles. The predicted molar refractivity (Wildman–Crippen MR) is 65.6 cm³/mol. The van der Waals surface area contributed by atoms with Crippen molar-refractivity contribution in [3.05, 3.63) is 34.9 Å². The van der Waals surface area contributed by atoms with Crippen molar-refractivity contribution in [2.45, 2.75) is 25.3 Å². The van der Waals surface area contributed by atoms with Gasteiger partial charge < -0.3 is 5.11 Å². The van der Waals surface area contributed by atoms with Crippen LogP contribution in [0.15, 0.2) is 12.1 Å². The van der Waals surface area contributed by atoms with Crippen LogP contribution in [0.4, 0.5) is 8.78 Å². The standard InChI is InChI=1S/C14H11F2NO4/c15-9-3-7-8(4-10(9)16)14(21)17(13(7)20)11(5-12(18)19)6-1-2-6/h3-4,6,11H,1-2,5H2,(H,18,19). The Hall–Kier alpha value is -2.31. The maximum absolute atomic E-state index is 13.2. The van der Waals surface area contributed by atoms with E-state index in [4.69, 9.17) is 5.11 Å². The number of rotatable bonds is 4. The summed E-state index contributed by atoms with van der Waals surface area (Å²) in [7, 11) is 0. The fourth-order valence-electron chi connectivity index (χ4n) is 2.68. The summed E-state index contributed by atoms with van der Waals surface area (Å²) in [6, 6.07) is 0.617. The van der Waals surface area contributed by atoms with Gasteiger partial charge in [-0.1, -0.05) is 0 Å². The second-order valence-electron chi connectivity index (χ2n) is 5.29. The number of imide groups is 1. The second kappa shape index (κ2) is 4.61. The second-order valence-corrected chi connectivity index (χ2v) is 5.29. The highest BCUT2D eigenvalue weighted by atomic mass is 19.2. The Balaban J connectivity index is 2.00. The molecule has 110 valence electrons. The number of amides is 2. The van der Waals surface area contributed by atoms with Crippen LogP contribution in [0.1, 0.15) is 40.0 Å². The summed E-state index contributed by atoms with van der Waals surface area (Å²) in [6.45, 7) is 0.